The van der Waals surface area contributed by atoms with E-state index in [1.807, 2.05) is 62.5 Å². The van der Waals surface area contributed by atoms with E-state index < -0.39 is 0 Å². The molecule has 0 unspecified atom stereocenters. The molecule has 0 aliphatic heterocycles. The number of aromatic nitrogens is 1. The zero-order chi connectivity index (χ0) is 20.8. The van der Waals surface area contributed by atoms with Gasteiger partial charge in [0.2, 0.25) is 11.8 Å². The molecule has 1 heterocycles. The van der Waals surface area contributed by atoms with Crippen LogP contribution in [0, 0.1) is 6.92 Å². The highest BCUT2D eigenvalue weighted by Gasteiger charge is 2.17. The van der Waals surface area contributed by atoms with E-state index in [1.165, 1.54) is 10.9 Å². The zero-order valence-corrected chi connectivity index (χ0v) is 17.4. The van der Waals surface area contributed by atoms with Crippen LogP contribution in [0.2, 0.25) is 0 Å². The maximum absolute atomic E-state index is 12.8. The largest absolute Gasteiger partial charge is 0.361 e. The Morgan fingerprint density at radius 1 is 1.03 bits per heavy atom. The van der Waals surface area contributed by atoms with Gasteiger partial charge in [-0.25, -0.2) is 0 Å². The first-order valence-electron chi connectivity index (χ1n) is 10.2. The lowest BCUT2D eigenvalue weighted by Crippen LogP contribution is -2.37. The van der Waals surface area contributed by atoms with Crippen molar-refractivity contribution in [1.29, 1.82) is 0 Å². The van der Waals surface area contributed by atoms with Crippen LogP contribution in [0.1, 0.15) is 31.4 Å². The second kappa shape index (κ2) is 9.41. The molecule has 0 saturated heterocycles. The summed E-state index contributed by atoms with van der Waals surface area (Å²) in [5.74, 6) is 0.0349. The van der Waals surface area contributed by atoms with Crippen molar-refractivity contribution in [3.63, 3.8) is 0 Å². The highest BCUT2D eigenvalue weighted by atomic mass is 16.2. The van der Waals surface area contributed by atoms with Crippen molar-refractivity contribution >= 4 is 28.4 Å². The van der Waals surface area contributed by atoms with E-state index in [0.29, 0.717) is 26.1 Å². The molecule has 29 heavy (non-hydrogen) atoms. The van der Waals surface area contributed by atoms with Gasteiger partial charge >= 0.3 is 0 Å². The molecule has 0 spiro atoms. The van der Waals surface area contributed by atoms with Crippen molar-refractivity contribution in [2.75, 3.05) is 24.5 Å². The summed E-state index contributed by atoms with van der Waals surface area (Å²) < 4.78 is 0. The lowest BCUT2D eigenvalue weighted by atomic mass is 10.1. The fourth-order valence-electron chi connectivity index (χ4n) is 3.68. The molecule has 3 rings (SSSR count). The molecule has 0 fully saturated rings. The maximum atomic E-state index is 12.8. The van der Waals surface area contributed by atoms with Gasteiger partial charge in [0, 0.05) is 55.8 Å². The minimum Gasteiger partial charge on any atom is -0.361 e. The Morgan fingerprint density at radius 3 is 2.55 bits per heavy atom. The summed E-state index contributed by atoms with van der Waals surface area (Å²) in [7, 11) is 0. The fraction of sp³-hybridized carbons (Fsp3) is 0.333. The van der Waals surface area contributed by atoms with E-state index in [1.54, 1.807) is 16.7 Å². The highest BCUT2D eigenvalue weighted by Crippen LogP contribution is 2.19. The molecule has 0 bridgehead atoms. The van der Waals surface area contributed by atoms with E-state index >= 15 is 0 Å². The average Bonchev–Trinajstić information content (AvgIpc) is 3.11. The third-order valence-electron chi connectivity index (χ3n) is 5.30. The number of aromatic amines is 1. The second-order valence-electron chi connectivity index (χ2n) is 7.34. The number of fused-ring (bicyclic) bond motifs is 1. The quantitative estimate of drug-likeness (QED) is 0.622. The van der Waals surface area contributed by atoms with Gasteiger partial charge < -0.3 is 14.8 Å². The van der Waals surface area contributed by atoms with Crippen molar-refractivity contribution in [2.45, 2.75) is 33.6 Å². The number of amides is 2. The average molecular weight is 392 g/mol. The van der Waals surface area contributed by atoms with Crippen LogP contribution in [-0.4, -0.2) is 41.3 Å². The molecule has 5 nitrogen and oxygen atoms in total. The summed E-state index contributed by atoms with van der Waals surface area (Å²) in [5.41, 5.74) is 4.32. The minimum atomic E-state index is -0.00348. The molecule has 0 radical (unpaired) electrons. The Kier molecular flexibility index (Phi) is 6.70. The molecule has 1 aromatic heterocycles. The van der Waals surface area contributed by atoms with Gasteiger partial charge in [0.25, 0.3) is 0 Å². The SMILES string of the molecule is CCN(C(=O)CCN(CCc1c[nH]c2ccccc12)C(C)=O)c1cccc(C)c1. The number of nitrogens with zero attached hydrogens (tertiary/aromatic N) is 2. The Labute approximate surface area is 172 Å². The Bertz CT molecular complexity index is 992. The van der Waals surface area contributed by atoms with Gasteiger partial charge in [-0.1, -0.05) is 30.3 Å². The van der Waals surface area contributed by atoms with Crippen LogP contribution in [0.4, 0.5) is 5.69 Å². The number of rotatable bonds is 8. The number of carbonyl (C=O) groups excluding carboxylic acids is 2. The molecule has 3 aromatic rings. The molecule has 0 saturated carbocycles. The van der Waals surface area contributed by atoms with E-state index in [2.05, 4.69) is 11.1 Å². The standard InChI is InChI=1S/C24H29N3O2/c1-4-27(21-9-7-8-18(2)16-21)24(29)13-15-26(19(3)28)14-12-20-17-25-23-11-6-5-10-22(20)23/h5-11,16-17,25H,4,12-15H2,1-3H3. The fourth-order valence-corrected chi connectivity index (χ4v) is 3.68. The summed E-state index contributed by atoms with van der Waals surface area (Å²) in [6, 6.07) is 16.1. The number of hydrogen-bond donors (Lipinski definition) is 1. The number of benzene rings is 2. The van der Waals surface area contributed by atoms with Gasteiger partial charge in [0.05, 0.1) is 0 Å². The first kappa shape index (κ1) is 20.6. The van der Waals surface area contributed by atoms with Crippen LogP contribution in [0.25, 0.3) is 10.9 Å². The molecule has 152 valence electrons. The highest BCUT2D eigenvalue weighted by molar-refractivity contribution is 5.93. The number of carbonyl (C=O) groups is 2. The van der Waals surface area contributed by atoms with Gasteiger partial charge in [0.15, 0.2) is 0 Å². The van der Waals surface area contributed by atoms with Crippen LogP contribution in [0.3, 0.4) is 0 Å². The molecule has 5 heteroatoms. The normalized spacial score (nSPS) is 10.9. The van der Waals surface area contributed by atoms with E-state index in [0.717, 1.165) is 23.2 Å². The molecule has 0 aliphatic carbocycles. The van der Waals surface area contributed by atoms with Crippen molar-refractivity contribution < 1.29 is 9.59 Å². The second-order valence-corrected chi connectivity index (χ2v) is 7.34. The number of hydrogen-bond acceptors (Lipinski definition) is 2. The van der Waals surface area contributed by atoms with Gasteiger partial charge in [-0.15, -0.1) is 0 Å². The van der Waals surface area contributed by atoms with Gasteiger partial charge in [0.1, 0.15) is 0 Å². The van der Waals surface area contributed by atoms with Gasteiger partial charge in [-0.2, -0.15) is 0 Å². The van der Waals surface area contributed by atoms with Crippen LogP contribution < -0.4 is 4.90 Å². The number of aryl methyl sites for hydroxylation is 1. The van der Waals surface area contributed by atoms with Crippen molar-refractivity contribution in [3.8, 4) is 0 Å². The molecule has 2 aromatic carbocycles. The summed E-state index contributed by atoms with van der Waals surface area (Å²) in [6.07, 6.45) is 3.08. The maximum Gasteiger partial charge on any atom is 0.228 e. The summed E-state index contributed by atoms with van der Waals surface area (Å²) in [5, 5.41) is 1.18. The first-order chi connectivity index (χ1) is 14.0. The number of nitrogens with one attached hydrogen (secondary N) is 1. The topological polar surface area (TPSA) is 56.4 Å². The van der Waals surface area contributed by atoms with Crippen LogP contribution in [-0.2, 0) is 16.0 Å². The van der Waals surface area contributed by atoms with E-state index in [4.69, 9.17) is 0 Å². The monoisotopic (exact) mass is 391 g/mol. The predicted molar refractivity (Wildman–Crippen MR) is 118 cm³/mol. The molecule has 0 aliphatic rings. The zero-order valence-electron chi connectivity index (χ0n) is 17.4. The van der Waals surface area contributed by atoms with Gasteiger partial charge in [-0.3, -0.25) is 9.59 Å². The van der Waals surface area contributed by atoms with Crippen molar-refractivity contribution in [2.24, 2.45) is 0 Å². The third-order valence-corrected chi connectivity index (χ3v) is 5.30. The summed E-state index contributed by atoms with van der Waals surface area (Å²) in [4.78, 5) is 31.8. The predicted octanol–water partition coefficient (Wildman–Crippen LogP) is 4.31. The molecular formula is C24H29N3O2. The number of H-pyrrole nitrogens is 1. The smallest absolute Gasteiger partial charge is 0.228 e. The van der Waals surface area contributed by atoms with E-state index in [-0.39, 0.29) is 11.8 Å². The van der Waals surface area contributed by atoms with Crippen LogP contribution >= 0.6 is 0 Å². The van der Waals surface area contributed by atoms with Crippen molar-refractivity contribution in [3.05, 3.63) is 65.9 Å². The van der Waals surface area contributed by atoms with Crippen LogP contribution in [0.15, 0.2) is 54.7 Å². The van der Waals surface area contributed by atoms with Crippen LogP contribution in [0.5, 0.6) is 0 Å². The Morgan fingerprint density at radius 2 is 1.83 bits per heavy atom. The summed E-state index contributed by atoms with van der Waals surface area (Å²) in [6.45, 7) is 7.19. The molecular weight excluding hydrogens is 362 g/mol. The molecule has 2 amide bonds. The number of anilines is 1. The first-order valence-corrected chi connectivity index (χ1v) is 10.2. The third kappa shape index (κ3) is 5.05. The molecule has 0 atom stereocenters. The Balaban J connectivity index is 1.61. The van der Waals surface area contributed by atoms with Gasteiger partial charge in [-0.05, 0) is 49.6 Å². The molecule has 1 N–H and O–H groups in total. The minimum absolute atomic E-state index is 0.00348. The summed E-state index contributed by atoms with van der Waals surface area (Å²) >= 11 is 0. The lowest BCUT2D eigenvalue weighted by Gasteiger charge is -2.25. The lowest BCUT2D eigenvalue weighted by molar-refractivity contribution is -0.129. The Hall–Kier alpha value is -3.08. The van der Waals surface area contributed by atoms with Crippen molar-refractivity contribution in [1.82, 2.24) is 9.88 Å². The van der Waals surface area contributed by atoms with E-state index in [9.17, 15) is 9.59 Å². The number of para-hydroxylation sites is 1.